The lowest BCUT2D eigenvalue weighted by atomic mass is 9.86. The maximum atomic E-state index is 12.5. The van der Waals surface area contributed by atoms with Crippen molar-refractivity contribution < 1.29 is 9.59 Å². The second-order valence-corrected chi connectivity index (χ2v) is 5.91. The third-order valence-electron chi connectivity index (χ3n) is 4.41. The normalized spacial score (nSPS) is 24.4. The molecule has 1 heterocycles. The third-order valence-corrected chi connectivity index (χ3v) is 4.41. The first-order valence-electron chi connectivity index (χ1n) is 8.00. The number of nitrogens with one attached hydrogen (secondary N) is 2. The number of likely N-dealkylation sites (N-methyl/N-ethyl adjacent to an activating group) is 1. The van der Waals surface area contributed by atoms with Gasteiger partial charge in [0, 0.05) is 32.6 Å². The molecule has 1 saturated heterocycles. The molecule has 2 aliphatic rings. The zero-order valence-corrected chi connectivity index (χ0v) is 12.5. The molecule has 0 spiro atoms. The Labute approximate surface area is 121 Å². The summed E-state index contributed by atoms with van der Waals surface area (Å²) in [7, 11) is 0. The molecule has 1 unspecified atom stereocenters. The van der Waals surface area contributed by atoms with Crippen LogP contribution in [0.25, 0.3) is 0 Å². The Balaban J connectivity index is 1.92. The van der Waals surface area contributed by atoms with Crippen LogP contribution in [-0.4, -0.2) is 48.9 Å². The van der Waals surface area contributed by atoms with Crippen LogP contribution in [0.5, 0.6) is 0 Å². The standard InChI is InChI=1S/C15H27N3O2/c1-2-17-15(20)13-11-16-8-9-18(13)14(19)10-12-6-4-3-5-7-12/h12-13,16H,2-11H2,1H3,(H,17,20). The van der Waals surface area contributed by atoms with Crippen LogP contribution in [0.15, 0.2) is 0 Å². The molecular formula is C15H27N3O2. The average molecular weight is 281 g/mol. The summed E-state index contributed by atoms with van der Waals surface area (Å²) in [6.45, 7) is 4.52. The molecule has 1 aliphatic carbocycles. The van der Waals surface area contributed by atoms with E-state index in [1.54, 1.807) is 4.90 Å². The van der Waals surface area contributed by atoms with Crippen LogP contribution in [0.1, 0.15) is 45.4 Å². The maximum absolute atomic E-state index is 12.5. The van der Waals surface area contributed by atoms with Crippen LogP contribution in [-0.2, 0) is 9.59 Å². The topological polar surface area (TPSA) is 61.4 Å². The van der Waals surface area contributed by atoms with Gasteiger partial charge in [-0.25, -0.2) is 0 Å². The highest BCUT2D eigenvalue weighted by Crippen LogP contribution is 2.27. The molecule has 1 saturated carbocycles. The van der Waals surface area contributed by atoms with Gasteiger partial charge in [-0.15, -0.1) is 0 Å². The van der Waals surface area contributed by atoms with Crippen molar-refractivity contribution in [1.29, 1.82) is 0 Å². The minimum Gasteiger partial charge on any atom is -0.355 e. The molecule has 20 heavy (non-hydrogen) atoms. The Kier molecular flexibility index (Phi) is 5.83. The fourth-order valence-corrected chi connectivity index (χ4v) is 3.28. The van der Waals surface area contributed by atoms with Crippen LogP contribution < -0.4 is 10.6 Å². The Morgan fingerprint density at radius 3 is 2.70 bits per heavy atom. The second-order valence-electron chi connectivity index (χ2n) is 5.91. The van der Waals surface area contributed by atoms with E-state index in [2.05, 4.69) is 10.6 Å². The average Bonchev–Trinajstić information content (AvgIpc) is 2.48. The van der Waals surface area contributed by atoms with E-state index in [-0.39, 0.29) is 17.9 Å². The summed E-state index contributed by atoms with van der Waals surface area (Å²) in [6, 6.07) is -0.334. The minimum atomic E-state index is -0.334. The van der Waals surface area contributed by atoms with E-state index in [9.17, 15) is 9.59 Å². The van der Waals surface area contributed by atoms with E-state index in [1.165, 1.54) is 32.1 Å². The van der Waals surface area contributed by atoms with Gasteiger partial charge in [-0.2, -0.15) is 0 Å². The van der Waals surface area contributed by atoms with Gasteiger partial charge in [0.2, 0.25) is 11.8 Å². The molecule has 5 nitrogen and oxygen atoms in total. The summed E-state index contributed by atoms with van der Waals surface area (Å²) in [4.78, 5) is 26.4. The Hall–Kier alpha value is -1.10. The predicted molar refractivity (Wildman–Crippen MR) is 78.2 cm³/mol. The predicted octanol–water partition coefficient (Wildman–Crippen LogP) is 0.893. The van der Waals surface area contributed by atoms with E-state index < -0.39 is 0 Å². The number of amides is 2. The molecule has 2 amide bonds. The minimum absolute atomic E-state index is 0.0308. The molecule has 2 fully saturated rings. The maximum Gasteiger partial charge on any atom is 0.244 e. The monoisotopic (exact) mass is 281 g/mol. The largest absolute Gasteiger partial charge is 0.355 e. The van der Waals surface area contributed by atoms with Gasteiger partial charge >= 0.3 is 0 Å². The number of hydrogen-bond acceptors (Lipinski definition) is 3. The van der Waals surface area contributed by atoms with Gasteiger partial charge in [0.1, 0.15) is 6.04 Å². The second kappa shape index (κ2) is 7.62. The summed E-state index contributed by atoms with van der Waals surface area (Å²) < 4.78 is 0. The Morgan fingerprint density at radius 1 is 1.25 bits per heavy atom. The van der Waals surface area contributed by atoms with E-state index in [0.717, 1.165) is 6.54 Å². The molecule has 2 rings (SSSR count). The highest BCUT2D eigenvalue weighted by Gasteiger charge is 2.32. The Bertz CT molecular complexity index is 340. The quantitative estimate of drug-likeness (QED) is 0.804. The number of carbonyl (C=O) groups is 2. The highest BCUT2D eigenvalue weighted by atomic mass is 16.2. The number of nitrogens with zero attached hydrogens (tertiary/aromatic N) is 1. The zero-order valence-electron chi connectivity index (χ0n) is 12.5. The van der Waals surface area contributed by atoms with Crippen LogP contribution in [0.2, 0.25) is 0 Å². The molecule has 2 N–H and O–H groups in total. The first-order chi connectivity index (χ1) is 9.72. The van der Waals surface area contributed by atoms with Crippen molar-refractivity contribution in [2.75, 3.05) is 26.2 Å². The summed E-state index contributed by atoms with van der Waals surface area (Å²) in [5, 5.41) is 6.04. The van der Waals surface area contributed by atoms with Crippen molar-refractivity contribution in [3.8, 4) is 0 Å². The molecule has 0 aromatic carbocycles. The summed E-state index contributed by atoms with van der Waals surface area (Å²) in [6.07, 6.45) is 6.77. The Morgan fingerprint density at radius 2 is 2.00 bits per heavy atom. The van der Waals surface area contributed by atoms with Gasteiger partial charge in [0.05, 0.1) is 0 Å². The van der Waals surface area contributed by atoms with E-state index in [1.807, 2.05) is 6.92 Å². The number of rotatable bonds is 4. The van der Waals surface area contributed by atoms with E-state index in [4.69, 9.17) is 0 Å². The van der Waals surface area contributed by atoms with Gasteiger partial charge in [0.25, 0.3) is 0 Å². The highest BCUT2D eigenvalue weighted by molar-refractivity contribution is 5.88. The number of hydrogen-bond donors (Lipinski definition) is 2. The van der Waals surface area contributed by atoms with Crippen molar-refractivity contribution in [2.45, 2.75) is 51.5 Å². The summed E-state index contributed by atoms with van der Waals surface area (Å²) in [5.74, 6) is 0.660. The molecule has 1 atom stereocenters. The SMILES string of the molecule is CCNC(=O)C1CNCCN1C(=O)CC1CCCCC1. The molecule has 114 valence electrons. The van der Waals surface area contributed by atoms with Crippen molar-refractivity contribution in [3.63, 3.8) is 0 Å². The fraction of sp³-hybridized carbons (Fsp3) is 0.867. The van der Waals surface area contributed by atoms with Crippen molar-refractivity contribution >= 4 is 11.8 Å². The van der Waals surface area contributed by atoms with Crippen molar-refractivity contribution in [3.05, 3.63) is 0 Å². The lowest BCUT2D eigenvalue weighted by Gasteiger charge is -2.36. The van der Waals surface area contributed by atoms with E-state index >= 15 is 0 Å². The first-order valence-corrected chi connectivity index (χ1v) is 8.00. The van der Waals surface area contributed by atoms with Crippen LogP contribution in [0.4, 0.5) is 0 Å². The van der Waals surface area contributed by atoms with Gasteiger partial charge in [-0.3, -0.25) is 9.59 Å². The van der Waals surface area contributed by atoms with Crippen LogP contribution >= 0.6 is 0 Å². The van der Waals surface area contributed by atoms with Crippen molar-refractivity contribution in [1.82, 2.24) is 15.5 Å². The van der Waals surface area contributed by atoms with Gasteiger partial charge in [-0.05, 0) is 25.7 Å². The lowest BCUT2D eigenvalue weighted by molar-refractivity contribution is -0.142. The van der Waals surface area contributed by atoms with Gasteiger partial charge < -0.3 is 15.5 Å². The molecule has 0 aromatic rings. The zero-order chi connectivity index (χ0) is 14.4. The number of piperazine rings is 1. The smallest absolute Gasteiger partial charge is 0.244 e. The van der Waals surface area contributed by atoms with Gasteiger partial charge in [0.15, 0.2) is 0 Å². The molecule has 5 heteroatoms. The summed E-state index contributed by atoms with van der Waals surface area (Å²) >= 11 is 0. The van der Waals surface area contributed by atoms with E-state index in [0.29, 0.717) is 32.0 Å². The fourth-order valence-electron chi connectivity index (χ4n) is 3.28. The molecule has 0 aromatic heterocycles. The van der Waals surface area contributed by atoms with Crippen molar-refractivity contribution in [2.24, 2.45) is 5.92 Å². The molecule has 0 radical (unpaired) electrons. The summed E-state index contributed by atoms with van der Waals surface area (Å²) in [5.41, 5.74) is 0. The van der Waals surface area contributed by atoms with Crippen LogP contribution in [0, 0.1) is 5.92 Å². The molecular weight excluding hydrogens is 254 g/mol. The van der Waals surface area contributed by atoms with Crippen LogP contribution in [0.3, 0.4) is 0 Å². The molecule has 0 bridgehead atoms. The molecule has 1 aliphatic heterocycles. The third kappa shape index (κ3) is 3.95. The first kappa shape index (κ1) is 15.3. The number of carbonyl (C=O) groups excluding carboxylic acids is 2. The van der Waals surface area contributed by atoms with Gasteiger partial charge in [-0.1, -0.05) is 19.3 Å². The lowest BCUT2D eigenvalue weighted by Crippen LogP contribution is -2.59.